The summed E-state index contributed by atoms with van der Waals surface area (Å²) >= 11 is 0. The summed E-state index contributed by atoms with van der Waals surface area (Å²) in [6.07, 6.45) is 2.12. The minimum atomic E-state index is -0.904. The van der Waals surface area contributed by atoms with Gasteiger partial charge >= 0.3 is 0 Å². The van der Waals surface area contributed by atoms with Crippen LogP contribution in [0.3, 0.4) is 0 Å². The lowest BCUT2D eigenvalue weighted by Gasteiger charge is -2.17. The topological polar surface area (TPSA) is 58.6 Å². The Balaban J connectivity index is 2.48. The standard InChI is InChI=1S/C15H23NO3/c1-4-5-10-19-13-8-6-12(7-9-13)14(17)16-11-15(2,3)18/h6-9,18H,4-5,10-11H2,1-3H3,(H,16,17). The average molecular weight is 265 g/mol. The van der Waals surface area contributed by atoms with Crippen molar-refractivity contribution in [3.05, 3.63) is 29.8 Å². The van der Waals surface area contributed by atoms with Gasteiger partial charge in [0.05, 0.1) is 12.2 Å². The summed E-state index contributed by atoms with van der Waals surface area (Å²) in [5.74, 6) is 0.578. The molecule has 106 valence electrons. The Morgan fingerprint density at radius 1 is 1.32 bits per heavy atom. The van der Waals surface area contributed by atoms with Crippen LogP contribution in [0.25, 0.3) is 0 Å². The third kappa shape index (κ3) is 6.25. The van der Waals surface area contributed by atoms with Crippen molar-refractivity contribution in [1.82, 2.24) is 5.32 Å². The highest BCUT2D eigenvalue weighted by atomic mass is 16.5. The quantitative estimate of drug-likeness (QED) is 0.744. The summed E-state index contributed by atoms with van der Waals surface area (Å²) < 4.78 is 5.52. The fourth-order valence-electron chi connectivity index (χ4n) is 1.44. The van der Waals surface area contributed by atoms with E-state index in [0.29, 0.717) is 12.2 Å². The first-order valence-corrected chi connectivity index (χ1v) is 6.66. The highest BCUT2D eigenvalue weighted by Crippen LogP contribution is 2.13. The van der Waals surface area contributed by atoms with E-state index >= 15 is 0 Å². The predicted molar refractivity (Wildman–Crippen MR) is 75.5 cm³/mol. The first-order valence-electron chi connectivity index (χ1n) is 6.66. The Bertz CT molecular complexity index is 393. The van der Waals surface area contributed by atoms with E-state index in [-0.39, 0.29) is 12.5 Å². The molecule has 19 heavy (non-hydrogen) atoms. The molecule has 4 nitrogen and oxygen atoms in total. The molecule has 1 aromatic carbocycles. The molecule has 0 spiro atoms. The molecule has 0 aliphatic heterocycles. The molecule has 0 aromatic heterocycles. The second-order valence-electron chi connectivity index (χ2n) is 5.22. The monoisotopic (exact) mass is 265 g/mol. The lowest BCUT2D eigenvalue weighted by atomic mass is 10.1. The van der Waals surface area contributed by atoms with E-state index in [4.69, 9.17) is 4.74 Å². The first kappa shape index (κ1) is 15.5. The van der Waals surface area contributed by atoms with Gasteiger partial charge in [-0.15, -0.1) is 0 Å². The average Bonchev–Trinajstić information content (AvgIpc) is 2.36. The van der Waals surface area contributed by atoms with E-state index in [1.54, 1.807) is 38.1 Å². The van der Waals surface area contributed by atoms with Gasteiger partial charge in [-0.2, -0.15) is 0 Å². The van der Waals surface area contributed by atoms with Crippen LogP contribution in [0, 0.1) is 0 Å². The highest BCUT2D eigenvalue weighted by Gasteiger charge is 2.14. The smallest absolute Gasteiger partial charge is 0.251 e. The van der Waals surface area contributed by atoms with Crippen LogP contribution in [0.2, 0.25) is 0 Å². The fourth-order valence-corrected chi connectivity index (χ4v) is 1.44. The maximum Gasteiger partial charge on any atom is 0.251 e. The molecule has 4 heteroatoms. The Hall–Kier alpha value is -1.55. The fraction of sp³-hybridized carbons (Fsp3) is 0.533. The van der Waals surface area contributed by atoms with Crippen molar-refractivity contribution >= 4 is 5.91 Å². The molecular formula is C15H23NO3. The number of carbonyl (C=O) groups is 1. The van der Waals surface area contributed by atoms with Gasteiger partial charge in [0.2, 0.25) is 0 Å². The van der Waals surface area contributed by atoms with Gasteiger partial charge in [-0.3, -0.25) is 4.79 Å². The molecule has 0 unspecified atom stereocenters. The van der Waals surface area contributed by atoms with Gasteiger partial charge in [-0.1, -0.05) is 13.3 Å². The molecule has 1 aromatic rings. The largest absolute Gasteiger partial charge is 0.494 e. The van der Waals surface area contributed by atoms with Gasteiger partial charge in [-0.25, -0.2) is 0 Å². The van der Waals surface area contributed by atoms with Crippen LogP contribution < -0.4 is 10.1 Å². The Morgan fingerprint density at radius 3 is 2.47 bits per heavy atom. The van der Waals surface area contributed by atoms with E-state index in [9.17, 15) is 9.90 Å². The molecule has 0 heterocycles. The first-order chi connectivity index (χ1) is 8.92. The number of hydrogen-bond acceptors (Lipinski definition) is 3. The van der Waals surface area contributed by atoms with Crippen LogP contribution in [0.5, 0.6) is 5.75 Å². The molecular weight excluding hydrogens is 242 g/mol. The Labute approximate surface area is 114 Å². The molecule has 0 atom stereocenters. The number of carbonyl (C=O) groups excluding carboxylic acids is 1. The number of amides is 1. The number of ether oxygens (including phenoxy) is 1. The molecule has 1 rings (SSSR count). The molecule has 0 fully saturated rings. The van der Waals surface area contributed by atoms with Crippen molar-refractivity contribution in [2.24, 2.45) is 0 Å². The zero-order chi connectivity index (χ0) is 14.3. The lowest BCUT2D eigenvalue weighted by molar-refractivity contribution is 0.0694. The van der Waals surface area contributed by atoms with Gasteiger partial charge in [-0.05, 0) is 44.5 Å². The van der Waals surface area contributed by atoms with E-state index in [1.807, 2.05) is 0 Å². The second kappa shape index (κ2) is 7.14. The highest BCUT2D eigenvalue weighted by molar-refractivity contribution is 5.94. The third-order valence-corrected chi connectivity index (χ3v) is 2.56. The molecule has 0 bridgehead atoms. The van der Waals surface area contributed by atoms with Gasteiger partial charge in [0, 0.05) is 12.1 Å². The maximum absolute atomic E-state index is 11.8. The van der Waals surface area contributed by atoms with Crippen LogP contribution in [0.15, 0.2) is 24.3 Å². The summed E-state index contributed by atoms with van der Waals surface area (Å²) in [7, 11) is 0. The summed E-state index contributed by atoms with van der Waals surface area (Å²) in [6, 6.07) is 7.02. The minimum absolute atomic E-state index is 0.192. The summed E-state index contributed by atoms with van der Waals surface area (Å²) in [5, 5.41) is 12.2. The summed E-state index contributed by atoms with van der Waals surface area (Å²) in [4.78, 5) is 11.8. The van der Waals surface area contributed by atoms with E-state index in [2.05, 4.69) is 12.2 Å². The predicted octanol–water partition coefficient (Wildman–Crippen LogP) is 2.37. The van der Waals surface area contributed by atoms with Crippen molar-refractivity contribution in [3.8, 4) is 5.75 Å². The van der Waals surface area contributed by atoms with Gasteiger partial charge < -0.3 is 15.2 Å². The van der Waals surface area contributed by atoms with Crippen molar-refractivity contribution in [2.75, 3.05) is 13.2 Å². The molecule has 0 radical (unpaired) electrons. The van der Waals surface area contributed by atoms with Crippen molar-refractivity contribution in [2.45, 2.75) is 39.2 Å². The van der Waals surface area contributed by atoms with Crippen LogP contribution in [0.4, 0.5) is 0 Å². The minimum Gasteiger partial charge on any atom is -0.494 e. The van der Waals surface area contributed by atoms with E-state index in [1.165, 1.54) is 0 Å². The SMILES string of the molecule is CCCCOc1ccc(C(=O)NCC(C)(C)O)cc1. The normalized spacial score (nSPS) is 11.2. The van der Waals surface area contributed by atoms with E-state index in [0.717, 1.165) is 18.6 Å². The molecule has 2 N–H and O–H groups in total. The van der Waals surface area contributed by atoms with Crippen LogP contribution in [-0.2, 0) is 0 Å². The van der Waals surface area contributed by atoms with Crippen LogP contribution >= 0.6 is 0 Å². The van der Waals surface area contributed by atoms with Crippen molar-refractivity contribution in [3.63, 3.8) is 0 Å². The van der Waals surface area contributed by atoms with E-state index < -0.39 is 5.60 Å². The molecule has 0 saturated heterocycles. The molecule has 0 aliphatic carbocycles. The number of benzene rings is 1. The van der Waals surface area contributed by atoms with Gasteiger partial charge in [0.25, 0.3) is 5.91 Å². The van der Waals surface area contributed by atoms with Crippen LogP contribution in [0.1, 0.15) is 44.0 Å². The summed E-state index contributed by atoms with van der Waals surface area (Å²) in [6.45, 7) is 6.33. The number of hydrogen-bond donors (Lipinski definition) is 2. The van der Waals surface area contributed by atoms with Crippen molar-refractivity contribution in [1.29, 1.82) is 0 Å². The maximum atomic E-state index is 11.8. The number of unbranched alkanes of at least 4 members (excludes halogenated alkanes) is 1. The molecule has 1 amide bonds. The van der Waals surface area contributed by atoms with Crippen LogP contribution in [-0.4, -0.2) is 29.8 Å². The zero-order valence-electron chi connectivity index (χ0n) is 11.9. The molecule has 0 saturated carbocycles. The zero-order valence-corrected chi connectivity index (χ0v) is 11.9. The lowest BCUT2D eigenvalue weighted by Crippen LogP contribution is -2.38. The second-order valence-corrected chi connectivity index (χ2v) is 5.22. The number of aliphatic hydroxyl groups is 1. The van der Waals surface area contributed by atoms with Gasteiger partial charge in [0.1, 0.15) is 5.75 Å². The third-order valence-electron chi connectivity index (χ3n) is 2.56. The van der Waals surface area contributed by atoms with Crippen molar-refractivity contribution < 1.29 is 14.6 Å². The molecule has 0 aliphatic rings. The summed E-state index contributed by atoms with van der Waals surface area (Å²) in [5.41, 5.74) is -0.342. The number of rotatable bonds is 7. The number of nitrogens with one attached hydrogen (secondary N) is 1. The Kier molecular flexibility index (Phi) is 5.83. The van der Waals surface area contributed by atoms with Gasteiger partial charge in [0.15, 0.2) is 0 Å². The Morgan fingerprint density at radius 2 is 1.95 bits per heavy atom.